The van der Waals surface area contributed by atoms with Gasteiger partial charge in [-0.1, -0.05) is 82.3 Å². The first kappa shape index (κ1) is 27.3. The van der Waals surface area contributed by atoms with Crippen LogP contribution in [0.2, 0.25) is 0 Å². The van der Waals surface area contributed by atoms with Crippen LogP contribution in [0, 0.1) is 0 Å². The third-order valence-corrected chi connectivity index (χ3v) is 7.71. The van der Waals surface area contributed by atoms with E-state index in [1.54, 1.807) is 0 Å². The van der Waals surface area contributed by atoms with Crippen LogP contribution in [0.15, 0.2) is 121 Å². The highest BCUT2D eigenvalue weighted by Gasteiger charge is 2.17. The van der Waals surface area contributed by atoms with Gasteiger partial charge in [-0.3, -0.25) is 0 Å². The van der Waals surface area contributed by atoms with Gasteiger partial charge in [-0.2, -0.15) is 0 Å². The highest BCUT2D eigenvalue weighted by Crippen LogP contribution is 2.40. The lowest BCUT2D eigenvalue weighted by molar-refractivity contribution is 1.12. The van der Waals surface area contributed by atoms with Gasteiger partial charge in [0.25, 0.3) is 0 Å². The van der Waals surface area contributed by atoms with E-state index in [1.165, 1.54) is 33.6 Å². The Hall–Kier alpha value is -4.30. The molecular weight excluding hydrogens is 484 g/mol. The van der Waals surface area contributed by atoms with Crippen molar-refractivity contribution in [2.75, 3.05) is 9.80 Å². The van der Waals surface area contributed by atoms with E-state index >= 15 is 0 Å². The molecule has 2 nitrogen and oxygen atoms in total. The molecule has 0 amide bonds. The summed E-state index contributed by atoms with van der Waals surface area (Å²) in [5, 5.41) is 0. The number of hydrogen-bond acceptors (Lipinski definition) is 2. The van der Waals surface area contributed by atoms with Gasteiger partial charge in [0.2, 0.25) is 0 Å². The summed E-state index contributed by atoms with van der Waals surface area (Å²) in [6, 6.07) is 44.7. The first-order chi connectivity index (χ1) is 19.6. The fraction of sp³-hybridized carbons (Fsp3) is 0.211. The summed E-state index contributed by atoms with van der Waals surface area (Å²) in [7, 11) is 0. The average molecular weight is 525 g/mol. The number of anilines is 6. The first-order valence-electron chi connectivity index (χ1n) is 14.7. The molecule has 5 aromatic rings. The second-order valence-electron chi connectivity index (χ2n) is 10.3. The van der Waals surface area contributed by atoms with E-state index in [0.29, 0.717) is 0 Å². The van der Waals surface area contributed by atoms with Crippen LogP contribution in [0.5, 0.6) is 0 Å². The van der Waals surface area contributed by atoms with Crippen LogP contribution in [-0.4, -0.2) is 0 Å². The van der Waals surface area contributed by atoms with Crippen LogP contribution in [0.3, 0.4) is 0 Å². The molecule has 0 aliphatic heterocycles. The van der Waals surface area contributed by atoms with Gasteiger partial charge in [-0.25, -0.2) is 0 Å². The van der Waals surface area contributed by atoms with Crippen LogP contribution in [0.1, 0.15) is 49.9 Å². The molecule has 202 valence electrons. The largest absolute Gasteiger partial charge is 0.310 e. The Balaban J connectivity index is 1.66. The smallest absolute Gasteiger partial charge is 0.0482 e. The summed E-state index contributed by atoms with van der Waals surface area (Å²) in [4.78, 5) is 4.76. The zero-order valence-corrected chi connectivity index (χ0v) is 24.3. The van der Waals surface area contributed by atoms with Crippen molar-refractivity contribution in [2.24, 2.45) is 0 Å². The molecule has 5 rings (SSSR count). The van der Waals surface area contributed by atoms with Crippen molar-refractivity contribution in [1.29, 1.82) is 0 Å². The molecule has 0 saturated heterocycles. The molecule has 0 aliphatic carbocycles. The lowest BCUT2D eigenvalue weighted by Crippen LogP contribution is -2.13. The number of nitrogens with zero attached hydrogens (tertiary/aromatic N) is 2. The molecule has 0 fully saturated rings. The maximum absolute atomic E-state index is 2.39. The first-order valence-corrected chi connectivity index (χ1v) is 14.7. The minimum absolute atomic E-state index is 1.01. The fourth-order valence-corrected chi connectivity index (χ4v) is 5.26. The monoisotopic (exact) mass is 524 g/mol. The topological polar surface area (TPSA) is 6.48 Å². The molecule has 0 aliphatic rings. The normalized spacial score (nSPS) is 10.9. The van der Waals surface area contributed by atoms with E-state index in [2.05, 4.69) is 159 Å². The van der Waals surface area contributed by atoms with Crippen molar-refractivity contribution in [3.63, 3.8) is 0 Å². The van der Waals surface area contributed by atoms with E-state index in [9.17, 15) is 0 Å². The van der Waals surface area contributed by atoms with Gasteiger partial charge in [0.1, 0.15) is 0 Å². The zero-order chi connectivity index (χ0) is 27.9. The van der Waals surface area contributed by atoms with Crippen molar-refractivity contribution < 1.29 is 0 Å². The van der Waals surface area contributed by atoms with Crippen molar-refractivity contribution >= 4 is 34.1 Å². The Kier molecular flexibility index (Phi) is 8.66. The Bertz CT molecular complexity index is 1440. The second-order valence-corrected chi connectivity index (χ2v) is 10.3. The molecule has 0 spiro atoms. The molecule has 5 aromatic carbocycles. The molecule has 0 atom stereocenters. The maximum atomic E-state index is 2.39. The van der Waals surface area contributed by atoms with E-state index in [1.807, 2.05) is 0 Å². The maximum Gasteiger partial charge on any atom is 0.0482 e. The molecule has 0 bridgehead atoms. The minimum atomic E-state index is 1.01. The van der Waals surface area contributed by atoms with Crippen molar-refractivity contribution in [3.05, 3.63) is 144 Å². The highest BCUT2D eigenvalue weighted by molar-refractivity contribution is 5.83. The molecule has 0 N–H and O–H groups in total. The zero-order valence-electron chi connectivity index (χ0n) is 24.3. The SMILES string of the molecule is CCc1ccc(N(c2ccc(CC)cc2)c2cccc(N(c3cccc(CC)c3)c3cccc(CC)c3)c2)cc1. The highest BCUT2D eigenvalue weighted by atomic mass is 15.2. The van der Waals surface area contributed by atoms with E-state index in [4.69, 9.17) is 0 Å². The standard InChI is InChI=1S/C38H40N2/c1-5-29-18-22-33(23-19-29)39(34-24-20-30(6-2)21-25-34)37-16-11-17-38(28-37)40(35-14-9-12-31(7-3)26-35)36-15-10-13-32(8-4)27-36/h9-28H,5-8H2,1-4H3. The lowest BCUT2D eigenvalue weighted by atomic mass is 10.1. The predicted molar refractivity (Wildman–Crippen MR) is 173 cm³/mol. The summed E-state index contributed by atoms with van der Waals surface area (Å²) >= 11 is 0. The fourth-order valence-electron chi connectivity index (χ4n) is 5.26. The van der Waals surface area contributed by atoms with Gasteiger partial charge in [0.05, 0.1) is 0 Å². The number of benzene rings is 5. The summed E-state index contributed by atoms with van der Waals surface area (Å²) < 4.78 is 0. The summed E-state index contributed by atoms with van der Waals surface area (Å²) in [5.41, 5.74) is 12.3. The quantitative estimate of drug-likeness (QED) is 0.179. The number of aryl methyl sites for hydroxylation is 4. The second kappa shape index (κ2) is 12.7. The molecule has 0 aromatic heterocycles. The van der Waals surface area contributed by atoms with E-state index in [0.717, 1.165) is 48.4 Å². The molecule has 0 unspecified atom stereocenters. The minimum Gasteiger partial charge on any atom is -0.310 e. The van der Waals surface area contributed by atoms with Crippen molar-refractivity contribution in [1.82, 2.24) is 0 Å². The van der Waals surface area contributed by atoms with Crippen LogP contribution >= 0.6 is 0 Å². The third-order valence-electron chi connectivity index (χ3n) is 7.71. The van der Waals surface area contributed by atoms with Crippen molar-refractivity contribution in [3.8, 4) is 0 Å². The van der Waals surface area contributed by atoms with Crippen molar-refractivity contribution in [2.45, 2.75) is 53.4 Å². The molecule has 40 heavy (non-hydrogen) atoms. The summed E-state index contributed by atoms with van der Waals surface area (Å²) in [5.74, 6) is 0. The summed E-state index contributed by atoms with van der Waals surface area (Å²) in [6.07, 6.45) is 4.07. The Morgan fingerprint density at radius 1 is 0.325 bits per heavy atom. The third kappa shape index (κ3) is 5.97. The Labute approximate surface area is 240 Å². The predicted octanol–water partition coefficient (Wildman–Crippen LogP) is 10.9. The molecule has 2 heteroatoms. The van der Waals surface area contributed by atoms with Crippen LogP contribution in [-0.2, 0) is 25.7 Å². The Morgan fingerprint density at radius 2 is 0.650 bits per heavy atom. The van der Waals surface area contributed by atoms with Gasteiger partial charge in [0.15, 0.2) is 0 Å². The van der Waals surface area contributed by atoms with Gasteiger partial charge >= 0.3 is 0 Å². The van der Waals surface area contributed by atoms with E-state index in [-0.39, 0.29) is 0 Å². The van der Waals surface area contributed by atoms with Crippen LogP contribution in [0.25, 0.3) is 0 Å². The molecule has 0 heterocycles. The molecule has 0 saturated carbocycles. The van der Waals surface area contributed by atoms with Gasteiger partial charge in [-0.05, 0) is 115 Å². The average Bonchev–Trinajstić information content (AvgIpc) is 3.02. The van der Waals surface area contributed by atoms with Crippen LogP contribution < -0.4 is 9.80 Å². The van der Waals surface area contributed by atoms with Gasteiger partial charge in [-0.15, -0.1) is 0 Å². The summed E-state index contributed by atoms with van der Waals surface area (Å²) in [6.45, 7) is 8.84. The molecular formula is C38H40N2. The Morgan fingerprint density at radius 3 is 1.02 bits per heavy atom. The number of hydrogen-bond donors (Lipinski definition) is 0. The number of rotatable bonds is 10. The van der Waals surface area contributed by atoms with Crippen LogP contribution in [0.4, 0.5) is 34.1 Å². The lowest BCUT2D eigenvalue weighted by Gasteiger charge is -2.30. The van der Waals surface area contributed by atoms with E-state index < -0.39 is 0 Å². The molecule has 0 radical (unpaired) electrons. The van der Waals surface area contributed by atoms with Gasteiger partial charge < -0.3 is 9.80 Å². The van der Waals surface area contributed by atoms with Gasteiger partial charge in [0, 0.05) is 34.1 Å².